The molecule has 0 atom stereocenters. The number of benzene rings is 1. The van der Waals surface area contributed by atoms with Crippen LogP contribution < -0.4 is 4.74 Å². The van der Waals surface area contributed by atoms with Gasteiger partial charge < -0.3 is 9.47 Å². The van der Waals surface area contributed by atoms with Gasteiger partial charge in [0.25, 0.3) is 0 Å². The van der Waals surface area contributed by atoms with E-state index in [1.165, 1.54) is 5.56 Å². The molecule has 0 N–H and O–H groups in total. The van der Waals surface area contributed by atoms with E-state index >= 15 is 0 Å². The van der Waals surface area contributed by atoms with Crippen LogP contribution in [0, 0.1) is 6.92 Å². The van der Waals surface area contributed by atoms with Gasteiger partial charge in [-0.1, -0.05) is 17.7 Å². The molecule has 0 bridgehead atoms. The van der Waals surface area contributed by atoms with E-state index in [-0.39, 0.29) is 11.7 Å². The average molecular weight is 236 g/mol. The van der Waals surface area contributed by atoms with Crippen molar-refractivity contribution in [3.05, 3.63) is 29.8 Å². The predicted molar refractivity (Wildman–Crippen MR) is 71.6 cm³/mol. The van der Waals surface area contributed by atoms with Crippen LogP contribution in [0.1, 0.15) is 39.7 Å². The zero-order valence-corrected chi connectivity index (χ0v) is 11.6. The van der Waals surface area contributed by atoms with E-state index in [1.54, 1.807) is 0 Å². The fourth-order valence-corrected chi connectivity index (χ4v) is 1.52. The van der Waals surface area contributed by atoms with Crippen LogP contribution in [0.25, 0.3) is 0 Å². The van der Waals surface area contributed by atoms with Crippen molar-refractivity contribution in [3.8, 4) is 5.75 Å². The third kappa shape index (κ3) is 5.73. The Morgan fingerprint density at radius 2 is 1.71 bits per heavy atom. The van der Waals surface area contributed by atoms with Crippen molar-refractivity contribution in [2.24, 2.45) is 0 Å². The molecule has 1 aromatic carbocycles. The van der Waals surface area contributed by atoms with Gasteiger partial charge in [0.15, 0.2) is 0 Å². The molecule has 0 heterocycles. The van der Waals surface area contributed by atoms with E-state index in [0.717, 1.165) is 18.8 Å². The molecule has 96 valence electrons. The molecule has 2 heteroatoms. The summed E-state index contributed by atoms with van der Waals surface area (Å²) in [6.07, 6.45) is 1.17. The standard InChI is InChI=1S/C15H24O2/c1-12(2)16-11-10-15(4,5)17-14-8-6-13(3)7-9-14/h6-9,12H,10-11H2,1-5H3. The lowest BCUT2D eigenvalue weighted by atomic mass is 10.1. The monoisotopic (exact) mass is 236 g/mol. The highest BCUT2D eigenvalue weighted by Gasteiger charge is 2.19. The van der Waals surface area contributed by atoms with Crippen LogP contribution in [0.5, 0.6) is 5.75 Å². The van der Waals surface area contributed by atoms with Crippen molar-refractivity contribution in [1.82, 2.24) is 0 Å². The van der Waals surface area contributed by atoms with Crippen molar-refractivity contribution >= 4 is 0 Å². The van der Waals surface area contributed by atoms with Crippen LogP contribution in [0.3, 0.4) is 0 Å². The Kier molecular flexibility index (Phi) is 5.01. The molecule has 1 aromatic rings. The van der Waals surface area contributed by atoms with Gasteiger partial charge in [0, 0.05) is 6.42 Å². The molecule has 0 fully saturated rings. The molecule has 17 heavy (non-hydrogen) atoms. The van der Waals surface area contributed by atoms with Gasteiger partial charge in [-0.25, -0.2) is 0 Å². The second kappa shape index (κ2) is 6.06. The number of ether oxygens (including phenoxy) is 2. The van der Waals surface area contributed by atoms with E-state index < -0.39 is 0 Å². The lowest BCUT2D eigenvalue weighted by Gasteiger charge is -2.27. The van der Waals surface area contributed by atoms with Crippen molar-refractivity contribution in [1.29, 1.82) is 0 Å². The van der Waals surface area contributed by atoms with E-state index in [2.05, 4.69) is 32.9 Å². The molecule has 0 aliphatic heterocycles. The van der Waals surface area contributed by atoms with Crippen molar-refractivity contribution in [2.45, 2.75) is 52.7 Å². The summed E-state index contributed by atoms with van der Waals surface area (Å²) in [4.78, 5) is 0. The molecule has 0 saturated heterocycles. The lowest BCUT2D eigenvalue weighted by Crippen LogP contribution is -2.30. The van der Waals surface area contributed by atoms with Gasteiger partial charge in [0.05, 0.1) is 12.7 Å². The Balaban J connectivity index is 2.45. The quantitative estimate of drug-likeness (QED) is 0.744. The summed E-state index contributed by atoms with van der Waals surface area (Å²) < 4.78 is 11.5. The summed E-state index contributed by atoms with van der Waals surface area (Å²) >= 11 is 0. The molecule has 0 amide bonds. The SMILES string of the molecule is Cc1ccc(OC(C)(C)CCOC(C)C)cc1. The molecule has 0 radical (unpaired) electrons. The van der Waals surface area contributed by atoms with Crippen LogP contribution in [-0.4, -0.2) is 18.3 Å². The smallest absolute Gasteiger partial charge is 0.120 e. The zero-order valence-electron chi connectivity index (χ0n) is 11.6. The average Bonchev–Trinajstić information content (AvgIpc) is 2.20. The summed E-state index contributed by atoms with van der Waals surface area (Å²) in [6, 6.07) is 8.16. The molecule has 0 aromatic heterocycles. The van der Waals surface area contributed by atoms with Crippen LogP contribution >= 0.6 is 0 Å². The highest BCUT2D eigenvalue weighted by Crippen LogP contribution is 2.21. The Labute approximate surface area is 105 Å². The number of hydrogen-bond acceptors (Lipinski definition) is 2. The largest absolute Gasteiger partial charge is 0.488 e. The zero-order chi connectivity index (χ0) is 12.9. The first-order valence-corrected chi connectivity index (χ1v) is 6.26. The van der Waals surface area contributed by atoms with E-state index in [4.69, 9.17) is 9.47 Å². The second-order valence-corrected chi connectivity index (χ2v) is 5.34. The normalized spacial score (nSPS) is 11.9. The van der Waals surface area contributed by atoms with Crippen molar-refractivity contribution in [3.63, 3.8) is 0 Å². The molecule has 0 unspecified atom stereocenters. The molecule has 0 aliphatic carbocycles. The second-order valence-electron chi connectivity index (χ2n) is 5.34. The molecule has 0 saturated carbocycles. The van der Waals surface area contributed by atoms with Crippen molar-refractivity contribution < 1.29 is 9.47 Å². The summed E-state index contributed by atoms with van der Waals surface area (Å²) in [5.74, 6) is 0.921. The fourth-order valence-electron chi connectivity index (χ4n) is 1.52. The first-order valence-electron chi connectivity index (χ1n) is 6.26. The van der Waals surface area contributed by atoms with Crippen LogP contribution in [0.4, 0.5) is 0 Å². The Morgan fingerprint density at radius 1 is 1.12 bits per heavy atom. The molecular formula is C15H24O2. The lowest BCUT2D eigenvalue weighted by molar-refractivity contribution is 0.0231. The maximum absolute atomic E-state index is 5.96. The third-order valence-electron chi connectivity index (χ3n) is 2.57. The molecule has 0 aliphatic rings. The molecule has 0 spiro atoms. The van der Waals surface area contributed by atoms with Gasteiger partial charge in [0.1, 0.15) is 11.4 Å². The Morgan fingerprint density at radius 3 is 2.24 bits per heavy atom. The Bertz CT molecular complexity index is 325. The Hall–Kier alpha value is -1.02. The predicted octanol–water partition coefficient (Wildman–Crippen LogP) is 3.97. The highest BCUT2D eigenvalue weighted by molar-refractivity contribution is 5.26. The first kappa shape index (κ1) is 14.0. The maximum atomic E-state index is 5.96. The van der Waals surface area contributed by atoms with Gasteiger partial charge in [-0.3, -0.25) is 0 Å². The van der Waals surface area contributed by atoms with Gasteiger partial charge in [-0.05, 0) is 46.8 Å². The number of aryl methyl sites for hydroxylation is 1. The number of rotatable bonds is 6. The summed E-state index contributed by atoms with van der Waals surface area (Å²) in [5.41, 5.74) is 1.06. The van der Waals surface area contributed by atoms with Gasteiger partial charge in [-0.15, -0.1) is 0 Å². The minimum absolute atomic E-state index is 0.190. The number of hydrogen-bond donors (Lipinski definition) is 0. The fraction of sp³-hybridized carbons (Fsp3) is 0.600. The van der Waals surface area contributed by atoms with E-state index in [9.17, 15) is 0 Å². The summed E-state index contributed by atoms with van der Waals surface area (Å²) in [5, 5.41) is 0. The van der Waals surface area contributed by atoms with Crippen LogP contribution in [0.15, 0.2) is 24.3 Å². The van der Waals surface area contributed by atoms with Gasteiger partial charge >= 0.3 is 0 Å². The maximum Gasteiger partial charge on any atom is 0.120 e. The topological polar surface area (TPSA) is 18.5 Å². The third-order valence-corrected chi connectivity index (χ3v) is 2.57. The summed E-state index contributed by atoms with van der Waals surface area (Å²) in [6.45, 7) is 11.1. The highest BCUT2D eigenvalue weighted by atomic mass is 16.5. The van der Waals surface area contributed by atoms with Crippen LogP contribution in [-0.2, 0) is 4.74 Å². The van der Waals surface area contributed by atoms with Crippen molar-refractivity contribution in [2.75, 3.05) is 6.61 Å². The van der Waals surface area contributed by atoms with Gasteiger partial charge in [-0.2, -0.15) is 0 Å². The minimum atomic E-state index is -0.190. The van der Waals surface area contributed by atoms with E-state index in [0.29, 0.717) is 0 Å². The van der Waals surface area contributed by atoms with Crippen LogP contribution in [0.2, 0.25) is 0 Å². The molecule has 2 nitrogen and oxygen atoms in total. The molecule has 1 rings (SSSR count). The minimum Gasteiger partial charge on any atom is -0.488 e. The summed E-state index contributed by atoms with van der Waals surface area (Å²) in [7, 11) is 0. The molecular weight excluding hydrogens is 212 g/mol. The first-order chi connectivity index (χ1) is 7.89. The van der Waals surface area contributed by atoms with Gasteiger partial charge in [0.2, 0.25) is 0 Å². The van der Waals surface area contributed by atoms with E-state index in [1.807, 2.05) is 26.0 Å².